The van der Waals surface area contributed by atoms with Crippen LogP contribution in [0.3, 0.4) is 0 Å². The van der Waals surface area contributed by atoms with E-state index < -0.39 is 29.9 Å². The van der Waals surface area contributed by atoms with E-state index in [0.29, 0.717) is 12.0 Å². The standard InChI is InChI=1S/C17H25N5O5/c1-10(23)21-13(3-2-8-20-17(18)19)15(25)22-14(16(26)27)9-11-4-6-12(24)7-5-11/h4-7,13-14,24H,2-3,8-9H2,1H3,(H,21,23)(H,22,25)(H,26,27)(H4,18,19,20)/t13-,14-/m0/s1. The zero-order valence-electron chi connectivity index (χ0n) is 15.0. The van der Waals surface area contributed by atoms with E-state index in [1.807, 2.05) is 0 Å². The zero-order valence-corrected chi connectivity index (χ0v) is 15.0. The van der Waals surface area contributed by atoms with E-state index in [0.717, 1.165) is 0 Å². The number of phenolic OH excluding ortho intramolecular Hbond substituents is 1. The number of nitrogens with two attached hydrogens (primary N) is 2. The van der Waals surface area contributed by atoms with Crippen LogP contribution in [0.5, 0.6) is 5.75 Å². The number of rotatable bonds is 10. The number of aliphatic imine (C=N–C) groups is 1. The maximum absolute atomic E-state index is 12.5. The summed E-state index contributed by atoms with van der Waals surface area (Å²) in [5.74, 6) is -2.25. The van der Waals surface area contributed by atoms with Gasteiger partial charge < -0.3 is 32.3 Å². The van der Waals surface area contributed by atoms with Crippen LogP contribution < -0.4 is 22.1 Å². The molecular formula is C17H25N5O5. The molecule has 8 N–H and O–H groups in total. The summed E-state index contributed by atoms with van der Waals surface area (Å²) < 4.78 is 0. The number of nitrogens with zero attached hydrogens (tertiary/aromatic N) is 1. The molecule has 0 fully saturated rings. The van der Waals surface area contributed by atoms with E-state index in [1.54, 1.807) is 12.1 Å². The molecule has 27 heavy (non-hydrogen) atoms. The fourth-order valence-corrected chi connectivity index (χ4v) is 2.36. The average Bonchev–Trinajstić information content (AvgIpc) is 2.58. The van der Waals surface area contributed by atoms with Crippen LogP contribution in [0, 0.1) is 0 Å². The molecule has 1 aromatic rings. The lowest BCUT2D eigenvalue weighted by atomic mass is 10.0. The largest absolute Gasteiger partial charge is 0.508 e. The molecule has 2 atom stereocenters. The van der Waals surface area contributed by atoms with Gasteiger partial charge in [0.2, 0.25) is 11.8 Å². The average molecular weight is 379 g/mol. The minimum atomic E-state index is -1.21. The molecule has 0 saturated heterocycles. The third-order valence-corrected chi connectivity index (χ3v) is 3.63. The fourth-order valence-electron chi connectivity index (χ4n) is 2.36. The molecule has 0 radical (unpaired) electrons. The zero-order chi connectivity index (χ0) is 20.4. The highest BCUT2D eigenvalue weighted by atomic mass is 16.4. The number of carbonyl (C=O) groups excluding carboxylic acids is 2. The second-order valence-corrected chi connectivity index (χ2v) is 5.97. The van der Waals surface area contributed by atoms with Crippen LogP contribution in [0.15, 0.2) is 29.3 Å². The lowest BCUT2D eigenvalue weighted by Gasteiger charge is -2.21. The Balaban J connectivity index is 2.75. The Morgan fingerprint density at radius 3 is 2.26 bits per heavy atom. The summed E-state index contributed by atoms with van der Waals surface area (Å²) in [6.07, 6.45) is 0.696. The summed E-state index contributed by atoms with van der Waals surface area (Å²) in [6, 6.07) is 3.91. The van der Waals surface area contributed by atoms with Crippen molar-refractivity contribution in [3.8, 4) is 5.75 Å². The van der Waals surface area contributed by atoms with Gasteiger partial charge in [-0.15, -0.1) is 0 Å². The van der Waals surface area contributed by atoms with Gasteiger partial charge in [-0.25, -0.2) is 4.79 Å². The first-order valence-corrected chi connectivity index (χ1v) is 8.32. The number of carboxylic acids is 1. The first-order chi connectivity index (χ1) is 12.7. The molecule has 0 unspecified atom stereocenters. The Bertz CT molecular complexity index is 685. The smallest absolute Gasteiger partial charge is 0.326 e. The number of nitrogens with one attached hydrogen (secondary N) is 2. The second kappa shape index (κ2) is 10.6. The molecule has 1 aromatic carbocycles. The van der Waals surface area contributed by atoms with Crippen molar-refractivity contribution >= 4 is 23.7 Å². The van der Waals surface area contributed by atoms with Crippen molar-refractivity contribution in [2.45, 2.75) is 38.3 Å². The summed E-state index contributed by atoms with van der Waals surface area (Å²) in [4.78, 5) is 39.1. The highest BCUT2D eigenvalue weighted by Crippen LogP contribution is 2.12. The topological polar surface area (TPSA) is 180 Å². The number of carboxylic acid groups (broad SMARTS) is 1. The highest BCUT2D eigenvalue weighted by Gasteiger charge is 2.26. The number of aliphatic carboxylic acids is 1. The Hall–Kier alpha value is -3.30. The van der Waals surface area contributed by atoms with E-state index in [9.17, 15) is 24.6 Å². The van der Waals surface area contributed by atoms with Gasteiger partial charge >= 0.3 is 5.97 Å². The predicted octanol–water partition coefficient (Wildman–Crippen LogP) is -0.938. The number of hydrogen-bond acceptors (Lipinski definition) is 5. The molecule has 0 aliphatic heterocycles. The van der Waals surface area contributed by atoms with Gasteiger partial charge in [0.1, 0.15) is 17.8 Å². The molecule has 2 amide bonds. The van der Waals surface area contributed by atoms with Crippen LogP contribution in [0.2, 0.25) is 0 Å². The Kier molecular flexibility index (Phi) is 8.57. The molecule has 0 aromatic heterocycles. The number of benzene rings is 1. The van der Waals surface area contributed by atoms with E-state index in [4.69, 9.17) is 11.5 Å². The van der Waals surface area contributed by atoms with Gasteiger partial charge in [-0.1, -0.05) is 12.1 Å². The minimum Gasteiger partial charge on any atom is -0.508 e. The highest BCUT2D eigenvalue weighted by molar-refractivity contribution is 5.90. The number of guanidine groups is 1. The molecule has 0 spiro atoms. The maximum Gasteiger partial charge on any atom is 0.326 e. The van der Waals surface area contributed by atoms with Crippen LogP contribution >= 0.6 is 0 Å². The summed E-state index contributed by atoms with van der Waals surface area (Å²) in [6.45, 7) is 1.54. The number of amides is 2. The van der Waals surface area contributed by atoms with E-state index in [1.165, 1.54) is 19.1 Å². The fraction of sp³-hybridized carbons (Fsp3) is 0.412. The van der Waals surface area contributed by atoms with Crippen LogP contribution in [0.4, 0.5) is 0 Å². The lowest BCUT2D eigenvalue weighted by molar-refractivity contribution is -0.142. The molecule has 0 aliphatic rings. The Morgan fingerprint density at radius 1 is 1.11 bits per heavy atom. The number of carbonyl (C=O) groups is 3. The third-order valence-electron chi connectivity index (χ3n) is 3.63. The van der Waals surface area contributed by atoms with Gasteiger partial charge in [-0.05, 0) is 30.5 Å². The van der Waals surface area contributed by atoms with Crippen molar-refractivity contribution in [3.63, 3.8) is 0 Å². The van der Waals surface area contributed by atoms with Crippen LogP contribution in [0.1, 0.15) is 25.3 Å². The van der Waals surface area contributed by atoms with Gasteiger partial charge in [0, 0.05) is 19.9 Å². The molecule has 10 heteroatoms. The van der Waals surface area contributed by atoms with Crippen molar-refractivity contribution in [1.82, 2.24) is 10.6 Å². The van der Waals surface area contributed by atoms with Crippen LogP contribution in [-0.2, 0) is 20.8 Å². The van der Waals surface area contributed by atoms with Gasteiger partial charge in [-0.3, -0.25) is 14.6 Å². The molecule has 10 nitrogen and oxygen atoms in total. The maximum atomic E-state index is 12.5. The molecule has 148 valence electrons. The van der Waals surface area contributed by atoms with Crippen molar-refractivity contribution in [2.24, 2.45) is 16.5 Å². The Morgan fingerprint density at radius 2 is 1.74 bits per heavy atom. The lowest BCUT2D eigenvalue weighted by Crippen LogP contribution is -2.52. The molecule has 1 rings (SSSR count). The second-order valence-electron chi connectivity index (χ2n) is 5.97. The summed E-state index contributed by atoms with van der Waals surface area (Å²) >= 11 is 0. The number of aromatic hydroxyl groups is 1. The van der Waals surface area contributed by atoms with Crippen molar-refractivity contribution < 1.29 is 24.6 Å². The van der Waals surface area contributed by atoms with E-state index in [2.05, 4.69) is 15.6 Å². The normalized spacial score (nSPS) is 12.5. The first-order valence-electron chi connectivity index (χ1n) is 8.32. The quantitative estimate of drug-likeness (QED) is 0.172. The summed E-state index contributed by atoms with van der Waals surface area (Å²) in [5, 5.41) is 23.6. The minimum absolute atomic E-state index is 0.0299. The van der Waals surface area contributed by atoms with Gasteiger partial charge in [-0.2, -0.15) is 0 Å². The molecule has 0 heterocycles. The monoisotopic (exact) mass is 379 g/mol. The molecule has 0 bridgehead atoms. The van der Waals surface area contributed by atoms with Crippen LogP contribution in [0.25, 0.3) is 0 Å². The number of phenols is 1. The molecule has 0 aliphatic carbocycles. The van der Waals surface area contributed by atoms with Crippen molar-refractivity contribution in [1.29, 1.82) is 0 Å². The van der Waals surface area contributed by atoms with E-state index >= 15 is 0 Å². The molecular weight excluding hydrogens is 354 g/mol. The number of hydrogen-bond donors (Lipinski definition) is 6. The van der Waals surface area contributed by atoms with Gasteiger partial charge in [0.25, 0.3) is 0 Å². The van der Waals surface area contributed by atoms with Gasteiger partial charge in [0.15, 0.2) is 5.96 Å². The SMILES string of the molecule is CC(=O)N[C@@H](CCCN=C(N)N)C(=O)N[C@@H](Cc1ccc(O)cc1)C(=O)O. The Labute approximate surface area is 156 Å². The van der Waals surface area contributed by atoms with Crippen molar-refractivity contribution in [2.75, 3.05) is 6.54 Å². The summed E-state index contributed by atoms with van der Waals surface area (Å²) in [5.41, 5.74) is 11.1. The molecule has 0 saturated carbocycles. The van der Waals surface area contributed by atoms with Crippen LogP contribution in [-0.4, -0.2) is 52.6 Å². The predicted molar refractivity (Wildman–Crippen MR) is 98.9 cm³/mol. The summed E-state index contributed by atoms with van der Waals surface area (Å²) in [7, 11) is 0. The van der Waals surface area contributed by atoms with Gasteiger partial charge in [0.05, 0.1) is 0 Å². The first kappa shape index (κ1) is 21.7. The van der Waals surface area contributed by atoms with E-state index in [-0.39, 0.29) is 31.1 Å². The van der Waals surface area contributed by atoms with Crippen molar-refractivity contribution in [3.05, 3.63) is 29.8 Å². The third kappa shape index (κ3) is 8.56.